The minimum Gasteiger partial charge on any atom is -0.496 e. The van der Waals surface area contributed by atoms with Gasteiger partial charge in [-0.25, -0.2) is 4.98 Å². The van der Waals surface area contributed by atoms with Crippen molar-refractivity contribution in [2.75, 3.05) is 14.2 Å². The van der Waals surface area contributed by atoms with Crippen LogP contribution in [0.3, 0.4) is 0 Å². The Morgan fingerprint density at radius 2 is 1.67 bits per heavy atom. The Labute approximate surface area is 108 Å². The molecule has 2 aromatic rings. The molecule has 0 atom stereocenters. The van der Waals surface area contributed by atoms with Crippen molar-refractivity contribution in [3.05, 3.63) is 29.5 Å². The number of ether oxygens (including phenoxy) is 2. The molecule has 1 heterocycles. The van der Waals surface area contributed by atoms with Crippen LogP contribution in [0, 0.1) is 6.92 Å². The number of benzene rings is 1. The molecule has 0 saturated carbocycles. The van der Waals surface area contributed by atoms with Gasteiger partial charge in [0, 0.05) is 11.1 Å². The van der Waals surface area contributed by atoms with Gasteiger partial charge in [-0.1, -0.05) is 13.8 Å². The van der Waals surface area contributed by atoms with Gasteiger partial charge in [-0.05, 0) is 36.6 Å². The Morgan fingerprint density at radius 1 is 1.06 bits per heavy atom. The molecule has 96 valence electrons. The highest BCUT2D eigenvalue weighted by Crippen LogP contribution is 2.37. The molecule has 0 amide bonds. The SMILES string of the molecule is COc1ccc(OC)c2c(C(C)C)cc(C)nc12. The first-order chi connectivity index (χ1) is 8.58. The van der Waals surface area contributed by atoms with Gasteiger partial charge in [0.2, 0.25) is 0 Å². The van der Waals surface area contributed by atoms with Crippen molar-refractivity contribution in [1.29, 1.82) is 0 Å². The molecule has 0 radical (unpaired) electrons. The van der Waals surface area contributed by atoms with Gasteiger partial charge in [-0.2, -0.15) is 0 Å². The first-order valence-electron chi connectivity index (χ1n) is 6.10. The molecule has 0 aliphatic heterocycles. The molecule has 2 rings (SSSR count). The van der Waals surface area contributed by atoms with E-state index in [4.69, 9.17) is 9.47 Å². The van der Waals surface area contributed by atoms with Crippen LogP contribution in [0.4, 0.5) is 0 Å². The highest BCUT2D eigenvalue weighted by Gasteiger charge is 2.15. The Hall–Kier alpha value is -1.77. The van der Waals surface area contributed by atoms with Gasteiger partial charge in [-0.3, -0.25) is 0 Å². The number of fused-ring (bicyclic) bond motifs is 1. The third-order valence-corrected chi connectivity index (χ3v) is 3.11. The maximum Gasteiger partial charge on any atom is 0.145 e. The molecule has 0 bridgehead atoms. The predicted octanol–water partition coefficient (Wildman–Crippen LogP) is 3.68. The second kappa shape index (κ2) is 4.84. The number of methoxy groups -OCH3 is 2. The maximum atomic E-state index is 5.46. The molecule has 18 heavy (non-hydrogen) atoms. The Balaban J connectivity index is 2.91. The van der Waals surface area contributed by atoms with Crippen LogP contribution < -0.4 is 9.47 Å². The Morgan fingerprint density at radius 3 is 2.22 bits per heavy atom. The molecule has 1 aromatic carbocycles. The second-order valence-corrected chi connectivity index (χ2v) is 4.70. The van der Waals surface area contributed by atoms with Crippen LogP contribution in [-0.2, 0) is 0 Å². The van der Waals surface area contributed by atoms with Crippen molar-refractivity contribution in [2.24, 2.45) is 0 Å². The van der Waals surface area contributed by atoms with Crippen LogP contribution >= 0.6 is 0 Å². The van der Waals surface area contributed by atoms with E-state index in [2.05, 4.69) is 24.9 Å². The molecule has 0 aliphatic rings. The Kier molecular flexibility index (Phi) is 3.41. The number of nitrogens with zero attached hydrogens (tertiary/aromatic N) is 1. The topological polar surface area (TPSA) is 31.4 Å². The van der Waals surface area contributed by atoms with E-state index in [-0.39, 0.29) is 0 Å². The quantitative estimate of drug-likeness (QED) is 0.826. The second-order valence-electron chi connectivity index (χ2n) is 4.70. The summed E-state index contributed by atoms with van der Waals surface area (Å²) in [5.74, 6) is 2.05. The average Bonchev–Trinajstić information content (AvgIpc) is 2.36. The van der Waals surface area contributed by atoms with Crippen LogP contribution in [0.2, 0.25) is 0 Å². The van der Waals surface area contributed by atoms with E-state index in [9.17, 15) is 0 Å². The number of hydrogen-bond donors (Lipinski definition) is 0. The lowest BCUT2D eigenvalue weighted by Crippen LogP contribution is -1.99. The summed E-state index contributed by atoms with van der Waals surface area (Å²) in [6, 6.07) is 5.96. The van der Waals surface area contributed by atoms with Crippen molar-refractivity contribution in [2.45, 2.75) is 26.7 Å². The summed E-state index contributed by atoms with van der Waals surface area (Å²) in [5, 5.41) is 1.05. The third-order valence-electron chi connectivity index (χ3n) is 3.11. The summed E-state index contributed by atoms with van der Waals surface area (Å²) in [5.41, 5.74) is 3.12. The normalized spacial score (nSPS) is 11.0. The van der Waals surface area contributed by atoms with Crippen LogP contribution in [0.15, 0.2) is 18.2 Å². The van der Waals surface area contributed by atoms with E-state index in [0.717, 1.165) is 28.1 Å². The number of aromatic nitrogens is 1. The van der Waals surface area contributed by atoms with Crippen molar-refractivity contribution < 1.29 is 9.47 Å². The molecule has 3 nitrogen and oxygen atoms in total. The highest BCUT2D eigenvalue weighted by molar-refractivity contribution is 5.93. The summed E-state index contributed by atoms with van der Waals surface area (Å²) in [6.07, 6.45) is 0. The molecular formula is C15H19NO2. The minimum absolute atomic E-state index is 0.412. The molecular weight excluding hydrogens is 226 g/mol. The number of aryl methyl sites for hydroxylation is 1. The first-order valence-corrected chi connectivity index (χ1v) is 6.10. The zero-order valence-electron chi connectivity index (χ0n) is 11.6. The van der Waals surface area contributed by atoms with E-state index in [1.807, 2.05) is 19.1 Å². The van der Waals surface area contributed by atoms with Crippen LogP contribution in [0.1, 0.15) is 31.0 Å². The molecule has 0 spiro atoms. The molecule has 0 aliphatic carbocycles. The fourth-order valence-electron chi connectivity index (χ4n) is 2.24. The monoisotopic (exact) mass is 245 g/mol. The van der Waals surface area contributed by atoms with Gasteiger partial charge in [0.25, 0.3) is 0 Å². The van der Waals surface area contributed by atoms with Gasteiger partial charge in [-0.15, -0.1) is 0 Å². The van der Waals surface area contributed by atoms with Crippen molar-refractivity contribution in [1.82, 2.24) is 4.98 Å². The van der Waals surface area contributed by atoms with Gasteiger partial charge in [0.15, 0.2) is 0 Å². The van der Waals surface area contributed by atoms with E-state index >= 15 is 0 Å². The summed E-state index contributed by atoms with van der Waals surface area (Å²) in [7, 11) is 3.35. The van der Waals surface area contributed by atoms with E-state index < -0.39 is 0 Å². The lowest BCUT2D eigenvalue weighted by atomic mass is 9.97. The zero-order valence-corrected chi connectivity index (χ0v) is 11.6. The smallest absolute Gasteiger partial charge is 0.145 e. The van der Waals surface area contributed by atoms with Crippen LogP contribution in [-0.4, -0.2) is 19.2 Å². The molecule has 1 aromatic heterocycles. The fraction of sp³-hybridized carbons (Fsp3) is 0.400. The third kappa shape index (κ3) is 2.01. The van der Waals surface area contributed by atoms with Gasteiger partial charge in [0.05, 0.1) is 14.2 Å². The number of rotatable bonds is 3. The maximum absolute atomic E-state index is 5.46. The standard InChI is InChI=1S/C15H19NO2/c1-9(2)11-8-10(3)16-15-13(18-5)7-6-12(17-4)14(11)15/h6-9H,1-5H3. The molecule has 3 heteroatoms. The van der Waals surface area contributed by atoms with E-state index in [0.29, 0.717) is 5.92 Å². The number of hydrogen-bond acceptors (Lipinski definition) is 3. The van der Waals surface area contributed by atoms with Crippen LogP contribution in [0.25, 0.3) is 10.9 Å². The molecule has 0 unspecified atom stereocenters. The Bertz CT molecular complexity index is 576. The largest absolute Gasteiger partial charge is 0.496 e. The van der Waals surface area contributed by atoms with Gasteiger partial charge < -0.3 is 9.47 Å². The first kappa shape index (κ1) is 12.7. The average molecular weight is 245 g/mol. The minimum atomic E-state index is 0.412. The molecule has 0 fully saturated rings. The fourth-order valence-corrected chi connectivity index (χ4v) is 2.24. The lowest BCUT2D eigenvalue weighted by Gasteiger charge is -2.16. The predicted molar refractivity (Wildman–Crippen MR) is 73.7 cm³/mol. The van der Waals surface area contributed by atoms with Gasteiger partial charge >= 0.3 is 0 Å². The highest BCUT2D eigenvalue weighted by atomic mass is 16.5. The van der Waals surface area contributed by atoms with Crippen LogP contribution in [0.5, 0.6) is 11.5 Å². The van der Waals surface area contributed by atoms with Crippen molar-refractivity contribution >= 4 is 10.9 Å². The summed E-state index contributed by atoms with van der Waals surface area (Å²) < 4.78 is 10.9. The number of pyridine rings is 1. The van der Waals surface area contributed by atoms with E-state index in [1.165, 1.54) is 5.56 Å². The zero-order chi connectivity index (χ0) is 13.3. The summed E-state index contributed by atoms with van der Waals surface area (Å²) in [4.78, 5) is 4.59. The molecule has 0 saturated heterocycles. The van der Waals surface area contributed by atoms with E-state index in [1.54, 1.807) is 14.2 Å². The van der Waals surface area contributed by atoms with Crippen molar-refractivity contribution in [3.63, 3.8) is 0 Å². The molecule has 0 N–H and O–H groups in total. The van der Waals surface area contributed by atoms with Gasteiger partial charge in [0.1, 0.15) is 17.0 Å². The summed E-state index contributed by atoms with van der Waals surface area (Å²) >= 11 is 0. The lowest BCUT2D eigenvalue weighted by molar-refractivity contribution is 0.409. The summed E-state index contributed by atoms with van der Waals surface area (Å²) in [6.45, 7) is 6.35. The van der Waals surface area contributed by atoms with Crippen molar-refractivity contribution in [3.8, 4) is 11.5 Å².